The van der Waals surface area contributed by atoms with Gasteiger partial charge in [0.25, 0.3) is 5.91 Å². The first-order chi connectivity index (χ1) is 10.0. The number of rotatable bonds is 2. The van der Waals surface area contributed by atoms with Crippen LogP contribution in [0, 0.1) is 11.7 Å². The molecule has 2 heterocycles. The van der Waals surface area contributed by atoms with Gasteiger partial charge in [0.05, 0.1) is 11.0 Å². The number of aryl methyl sites for hydroxylation is 1. The fraction of sp³-hybridized carbons (Fsp3) is 0.0714. The third-order valence-electron chi connectivity index (χ3n) is 3.08. The Morgan fingerprint density at radius 3 is 2.71 bits per heavy atom. The van der Waals surface area contributed by atoms with Crippen molar-refractivity contribution in [2.24, 2.45) is 0 Å². The number of carbonyl (C=O) groups is 1. The number of amides is 1. The lowest BCUT2D eigenvalue weighted by molar-refractivity contribution is 0.102. The second-order valence-corrected chi connectivity index (χ2v) is 5.10. The Hall–Kier alpha value is -2.67. The molecule has 1 aromatic carbocycles. The highest BCUT2D eigenvalue weighted by Crippen LogP contribution is 2.16. The van der Waals surface area contributed by atoms with E-state index in [9.17, 15) is 9.59 Å². The summed E-state index contributed by atoms with van der Waals surface area (Å²) in [6.45, 7) is 1.76. The molecule has 3 aromatic rings. The van der Waals surface area contributed by atoms with Crippen LogP contribution in [0.15, 0.2) is 35.3 Å². The van der Waals surface area contributed by atoms with E-state index in [1.165, 1.54) is 12.3 Å². The number of aromatic nitrogens is 3. The van der Waals surface area contributed by atoms with Gasteiger partial charge in [-0.2, -0.15) is 0 Å². The van der Waals surface area contributed by atoms with Gasteiger partial charge in [-0.3, -0.25) is 9.59 Å². The van der Waals surface area contributed by atoms with Crippen LogP contribution in [-0.2, 0) is 0 Å². The number of benzene rings is 1. The van der Waals surface area contributed by atoms with Crippen molar-refractivity contribution >= 4 is 34.8 Å². The number of hydrogen-bond donors (Lipinski definition) is 4. The number of anilines is 1. The molecular formula is C14H12N4O2S. The number of hydrogen-bond acceptors (Lipinski definition) is 3. The topological polar surface area (TPSA) is 93.5 Å². The van der Waals surface area contributed by atoms with Crippen molar-refractivity contribution in [1.82, 2.24) is 15.0 Å². The summed E-state index contributed by atoms with van der Waals surface area (Å²) in [5.74, 6) is -0.454. The van der Waals surface area contributed by atoms with Gasteiger partial charge in [-0.25, -0.2) is 0 Å². The molecule has 106 valence electrons. The number of H-pyrrole nitrogens is 3. The molecule has 0 aliphatic carbocycles. The van der Waals surface area contributed by atoms with Gasteiger partial charge < -0.3 is 20.3 Å². The molecule has 0 bridgehead atoms. The second-order valence-electron chi connectivity index (χ2n) is 4.69. The smallest absolute Gasteiger partial charge is 0.261 e. The van der Waals surface area contributed by atoms with E-state index in [-0.39, 0.29) is 11.0 Å². The van der Waals surface area contributed by atoms with Gasteiger partial charge in [0.15, 0.2) is 10.2 Å². The maximum atomic E-state index is 12.1. The number of imidazole rings is 1. The van der Waals surface area contributed by atoms with Gasteiger partial charge in [0.1, 0.15) is 5.56 Å². The molecular weight excluding hydrogens is 288 g/mol. The summed E-state index contributed by atoms with van der Waals surface area (Å²) in [5, 5.41) is 2.69. The zero-order chi connectivity index (χ0) is 15.0. The van der Waals surface area contributed by atoms with E-state index >= 15 is 0 Å². The largest absolute Gasteiger partial charge is 0.364 e. The minimum absolute atomic E-state index is 0.0719. The van der Waals surface area contributed by atoms with Crippen LogP contribution < -0.4 is 10.7 Å². The maximum absolute atomic E-state index is 12.1. The fourth-order valence-corrected chi connectivity index (χ4v) is 2.28. The van der Waals surface area contributed by atoms with Crippen LogP contribution in [-0.4, -0.2) is 20.9 Å². The van der Waals surface area contributed by atoms with Crippen molar-refractivity contribution in [3.63, 3.8) is 0 Å². The van der Waals surface area contributed by atoms with E-state index in [4.69, 9.17) is 12.2 Å². The Morgan fingerprint density at radius 2 is 1.95 bits per heavy atom. The first-order valence-electron chi connectivity index (χ1n) is 6.26. The Balaban J connectivity index is 1.92. The Kier molecular flexibility index (Phi) is 3.19. The summed E-state index contributed by atoms with van der Waals surface area (Å²) in [7, 11) is 0. The van der Waals surface area contributed by atoms with Gasteiger partial charge in [0.2, 0.25) is 0 Å². The predicted molar refractivity (Wildman–Crippen MR) is 83.2 cm³/mol. The van der Waals surface area contributed by atoms with Gasteiger partial charge in [-0.05, 0) is 37.3 Å². The molecule has 0 aliphatic heterocycles. The molecule has 0 saturated heterocycles. The normalized spacial score (nSPS) is 10.7. The molecule has 0 atom stereocenters. The lowest BCUT2D eigenvalue weighted by Crippen LogP contribution is -2.21. The number of carbonyl (C=O) groups excluding carboxylic acids is 1. The maximum Gasteiger partial charge on any atom is 0.261 e. The molecule has 6 nitrogen and oxygen atoms in total. The van der Waals surface area contributed by atoms with Crippen molar-refractivity contribution < 1.29 is 4.79 Å². The molecule has 3 rings (SSSR count). The number of fused-ring (bicyclic) bond motifs is 1. The fourth-order valence-electron chi connectivity index (χ4n) is 2.06. The lowest BCUT2D eigenvalue weighted by atomic mass is 10.2. The molecule has 1 amide bonds. The Bertz CT molecular complexity index is 951. The van der Waals surface area contributed by atoms with Gasteiger partial charge in [-0.15, -0.1) is 0 Å². The number of pyridine rings is 1. The van der Waals surface area contributed by atoms with E-state index in [1.54, 1.807) is 25.1 Å². The average molecular weight is 300 g/mol. The molecule has 0 fully saturated rings. The highest BCUT2D eigenvalue weighted by atomic mass is 32.1. The minimum atomic E-state index is -0.454. The number of nitrogens with one attached hydrogen (secondary N) is 4. The molecule has 21 heavy (non-hydrogen) atoms. The minimum Gasteiger partial charge on any atom is -0.364 e. The SMILES string of the molecule is Cc1cc(=O)c(C(=O)Nc2ccc3[nH]c(=S)[nH]c3c2)c[nH]1. The van der Waals surface area contributed by atoms with Crippen molar-refractivity contribution in [3.8, 4) is 0 Å². The van der Waals surface area contributed by atoms with Gasteiger partial charge in [-0.1, -0.05) is 0 Å². The van der Waals surface area contributed by atoms with Crippen molar-refractivity contribution in [2.45, 2.75) is 6.92 Å². The van der Waals surface area contributed by atoms with Gasteiger partial charge in [0, 0.05) is 23.6 Å². The zero-order valence-electron chi connectivity index (χ0n) is 11.1. The van der Waals surface area contributed by atoms with Crippen molar-refractivity contribution in [3.05, 3.63) is 56.7 Å². The first kappa shape index (κ1) is 13.3. The quantitative estimate of drug-likeness (QED) is 0.548. The van der Waals surface area contributed by atoms with Crippen LogP contribution in [0.5, 0.6) is 0 Å². The van der Waals surface area contributed by atoms with E-state index in [2.05, 4.69) is 20.3 Å². The average Bonchev–Trinajstić information content (AvgIpc) is 2.77. The van der Waals surface area contributed by atoms with Crippen molar-refractivity contribution in [1.29, 1.82) is 0 Å². The van der Waals surface area contributed by atoms with Crippen LogP contribution in [0.2, 0.25) is 0 Å². The van der Waals surface area contributed by atoms with Crippen LogP contribution >= 0.6 is 12.2 Å². The number of aromatic amines is 3. The van der Waals surface area contributed by atoms with Crippen LogP contribution in [0.1, 0.15) is 16.1 Å². The van der Waals surface area contributed by atoms with E-state index in [1.807, 2.05) is 0 Å². The molecule has 2 aromatic heterocycles. The summed E-state index contributed by atoms with van der Waals surface area (Å²) in [6, 6.07) is 6.68. The van der Waals surface area contributed by atoms with E-state index in [0.717, 1.165) is 11.0 Å². The summed E-state index contributed by atoms with van der Waals surface area (Å²) in [5.41, 5.74) is 2.69. The van der Waals surface area contributed by atoms with E-state index < -0.39 is 5.91 Å². The van der Waals surface area contributed by atoms with Crippen LogP contribution in [0.25, 0.3) is 11.0 Å². The summed E-state index contributed by atoms with van der Waals surface area (Å²) in [4.78, 5) is 32.7. The highest BCUT2D eigenvalue weighted by Gasteiger charge is 2.11. The summed E-state index contributed by atoms with van der Waals surface area (Å²) in [6.07, 6.45) is 1.41. The third kappa shape index (κ3) is 2.63. The monoisotopic (exact) mass is 300 g/mol. The second kappa shape index (κ2) is 5.02. The molecule has 0 aliphatic rings. The Labute approximate surface area is 124 Å². The molecule has 0 unspecified atom stereocenters. The summed E-state index contributed by atoms with van der Waals surface area (Å²) < 4.78 is 0.517. The van der Waals surface area contributed by atoms with Crippen LogP contribution in [0.3, 0.4) is 0 Å². The van der Waals surface area contributed by atoms with Crippen molar-refractivity contribution in [2.75, 3.05) is 5.32 Å². The molecule has 0 radical (unpaired) electrons. The predicted octanol–water partition coefficient (Wildman–Crippen LogP) is 2.47. The molecule has 4 N–H and O–H groups in total. The first-order valence-corrected chi connectivity index (χ1v) is 6.66. The standard InChI is InChI=1S/C14H12N4O2S/c1-7-4-12(19)9(6-15-7)13(20)16-8-2-3-10-11(5-8)18-14(21)17-10/h2-6H,1H3,(H,15,19)(H,16,20)(H2,17,18,21). The molecule has 0 saturated carbocycles. The van der Waals surface area contributed by atoms with E-state index in [0.29, 0.717) is 16.2 Å². The van der Waals surface area contributed by atoms with Crippen LogP contribution in [0.4, 0.5) is 5.69 Å². The highest BCUT2D eigenvalue weighted by molar-refractivity contribution is 7.71. The molecule has 0 spiro atoms. The zero-order valence-corrected chi connectivity index (χ0v) is 11.9. The molecule has 7 heteroatoms. The summed E-state index contributed by atoms with van der Waals surface area (Å²) >= 11 is 5.01. The lowest BCUT2D eigenvalue weighted by Gasteiger charge is -2.05. The third-order valence-corrected chi connectivity index (χ3v) is 3.28. The Morgan fingerprint density at radius 1 is 1.19 bits per heavy atom. The van der Waals surface area contributed by atoms with Gasteiger partial charge >= 0.3 is 0 Å².